The Hall–Kier alpha value is -0.820. The first-order chi connectivity index (χ1) is 10.2. The Labute approximate surface area is 134 Å². The van der Waals surface area contributed by atoms with Crippen molar-refractivity contribution in [2.75, 3.05) is 39.6 Å². The average molecular weight is 359 g/mol. The van der Waals surface area contributed by atoms with Crippen LogP contribution < -0.4 is 14.8 Å². The summed E-state index contributed by atoms with van der Waals surface area (Å²) < 4.78 is 11.7. The molecule has 1 aliphatic rings. The summed E-state index contributed by atoms with van der Waals surface area (Å²) in [7, 11) is 0. The smallest absolute Gasteiger partial charge is 0.231 e. The molecule has 0 aliphatic carbocycles. The maximum atomic E-state index is 9.64. The Morgan fingerprint density at radius 2 is 2.10 bits per heavy atom. The monoisotopic (exact) mass is 358 g/mol. The van der Waals surface area contributed by atoms with Crippen LogP contribution in [0.1, 0.15) is 25.5 Å². The second-order valence-corrected chi connectivity index (χ2v) is 5.81. The van der Waals surface area contributed by atoms with E-state index in [1.165, 1.54) is 0 Å². The molecule has 5 nitrogen and oxygen atoms in total. The number of rotatable bonds is 8. The highest BCUT2D eigenvalue weighted by Gasteiger charge is 2.21. The van der Waals surface area contributed by atoms with Crippen LogP contribution in [0.3, 0.4) is 0 Å². The summed E-state index contributed by atoms with van der Waals surface area (Å²) in [5, 5.41) is 13.0. The van der Waals surface area contributed by atoms with Crippen LogP contribution in [0.2, 0.25) is 0 Å². The predicted molar refractivity (Wildman–Crippen MR) is 85.9 cm³/mol. The van der Waals surface area contributed by atoms with Gasteiger partial charge in [-0.15, -0.1) is 0 Å². The van der Waals surface area contributed by atoms with Gasteiger partial charge in [-0.25, -0.2) is 0 Å². The van der Waals surface area contributed by atoms with E-state index in [-0.39, 0.29) is 19.4 Å². The Bertz CT molecular complexity index is 466. The molecule has 0 saturated carbocycles. The van der Waals surface area contributed by atoms with Crippen molar-refractivity contribution in [2.45, 2.75) is 19.9 Å². The van der Waals surface area contributed by atoms with Gasteiger partial charge in [0.05, 0.1) is 17.1 Å². The fourth-order valence-electron chi connectivity index (χ4n) is 2.41. The van der Waals surface area contributed by atoms with E-state index in [1.807, 2.05) is 12.1 Å². The van der Waals surface area contributed by atoms with Gasteiger partial charge in [-0.2, -0.15) is 0 Å². The third kappa shape index (κ3) is 4.10. The number of aliphatic hydroxyl groups excluding tert-OH is 1. The SMILES string of the molecule is CCN(CC)CCNC(CO)c1cc(Br)c2c(c1)OCO2. The summed E-state index contributed by atoms with van der Waals surface area (Å²) in [6, 6.07) is 3.79. The van der Waals surface area contributed by atoms with Crippen molar-refractivity contribution in [3.63, 3.8) is 0 Å². The number of nitrogens with zero attached hydrogens (tertiary/aromatic N) is 1. The molecule has 0 radical (unpaired) electrons. The number of ether oxygens (including phenoxy) is 2. The van der Waals surface area contributed by atoms with Gasteiger partial charge in [0.25, 0.3) is 0 Å². The van der Waals surface area contributed by atoms with Crippen LogP contribution in [0.5, 0.6) is 11.5 Å². The largest absolute Gasteiger partial charge is 0.454 e. The summed E-state index contributed by atoms with van der Waals surface area (Å²) in [4.78, 5) is 2.34. The van der Waals surface area contributed by atoms with Crippen LogP contribution in [-0.2, 0) is 0 Å². The van der Waals surface area contributed by atoms with E-state index in [0.29, 0.717) is 0 Å². The highest BCUT2D eigenvalue weighted by atomic mass is 79.9. The van der Waals surface area contributed by atoms with Gasteiger partial charge in [-0.1, -0.05) is 13.8 Å². The van der Waals surface area contributed by atoms with Gasteiger partial charge in [0.1, 0.15) is 0 Å². The number of nitrogens with one attached hydrogen (secondary N) is 1. The molecule has 0 amide bonds. The first-order valence-electron chi connectivity index (χ1n) is 7.35. The molecule has 6 heteroatoms. The molecule has 0 fully saturated rings. The minimum atomic E-state index is -0.105. The zero-order valence-electron chi connectivity index (χ0n) is 12.6. The van der Waals surface area contributed by atoms with Gasteiger partial charge in [0, 0.05) is 13.1 Å². The van der Waals surface area contributed by atoms with Crippen LogP contribution in [0.25, 0.3) is 0 Å². The molecule has 0 spiro atoms. The lowest BCUT2D eigenvalue weighted by molar-refractivity contribution is 0.173. The maximum absolute atomic E-state index is 9.64. The second-order valence-electron chi connectivity index (χ2n) is 4.95. The second kappa shape index (κ2) is 7.98. The van der Waals surface area contributed by atoms with Gasteiger partial charge in [0.2, 0.25) is 6.79 Å². The van der Waals surface area contributed by atoms with Crippen molar-refractivity contribution in [1.82, 2.24) is 10.2 Å². The zero-order chi connectivity index (χ0) is 15.2. The van der Waals surface area contributed by atoms with Crippen molar-refractivity contribution < 1.29 is 14.6 Å². The number of hydrogen-bond donors (Lipinski definition) is 2. The van der Waals surface area contributed by atoms with Crippen molar-refractivity contribution >= 4 is 15.9 Å². The fourth-order valence-corrected chi connectivity index (χ4v) is 2.99. The standard InChI is InChI=1S/C15H23BrN2O3/c1-3-18(4-2)6-5-17-13(9-19)11-7-12(16)15-14(8-11)20-10-21-15/h7-8,13,17,19H,3-6,9-10H2,1-2H3. The minimum absolute atomic E-state index is 0.0460. The average Bonchev–Trinajstić information content (AvgIpc) is 2.96. The number of aliphatic hydroxyl groups is 1. The highest BCUT2D eigenvalue weighted by Crippen LogP contribution is 2.41. The topological polar surface area (TPSA) is 54.0 Å². The molecule has 1 aliphatic heterocycles. The van der Waals surface area contributed by atoms with E-state index < -0.39 is 0 Å². The van der Waals surface area contributed by atoms with E-state index in [4.69, 9.17) is 9.47 Å². The minimum Gasteiger partial charge on any atom is -0.454 e. The predicted octanol–water partition coefficient (Wildman–Crippen LogP) is 2.14. The fraction of sp³-hybridized carbons (Fsp3) is 0.600. The molecule has 0 aromatic heterocycles. The third-order valence-electron chi connectivity index (χ3n) is 3.75. The Kier molecular flexibility index (Phi) is 6.29. The Morgan fingerprint density at radius 1 is 1.33 bits per heavy atom. The number of benzene rings is 1. The van der Waals surface area contributed by atoms with Gasteiger partial charge in [-0.3, -0.25) is 0 Å². The molecule has 0 saturated heterocycles. The molecule has 118 valence electrons. The molecule has 0 bridgehead atoms. The molecule has 1 aromatic rings. The molecular formula is C15H23BrN2O3. The van der Waals surface area contributed by atoms with Crippen LogP contribution in [0.4, 0.5) is 0 Å². The van der Waals surface area contributed by atoms with Crippen molar-refractivity contribution in [3.8, 4) is 11.5 Å². The van der Waals surface area contributed by atoms with Crippen LogP contribution in [0, 0.1) is 0 Å². The van der Waals surface area contributed by atoms with Gasteiger partial charge >= 0.3 is 0 Å². The van der Waals surface area contributed by atoms with E-state index >= 15 is 0 Å². The number of hydrogen-bond acceptors (Lipinski definition) is 5. The number of likely N-dealkylation sites (N-methyl/N-ethyl adjacent to an activating group) is 1. The zero-order valence-corrected chi connectivity index (χ0v) is 14.1. The molecular weight excluding hydrogens is 336 g/mol. The van der Waals surface area contributed by atoms with Crippen LogP contribution in [0.15, 0.2) is 16.6 Å². The van der Waals surface area contributed by atoms with Gasteiger partial charge in [-0.05, 0) is 46.7 Å². The first kappa shape index (κ1) is 16.5. The molecule has 1 heterocycles. The summed E-state index contributed by atoms with van der Waals surface area (Å²) in [5.74, 6) is 1.46. The molecule has 1 unspecified atom stereocenters. The Balaban J connectivity index is 1.99. The van der Waals surface area contributed by atoms with Crippen molar-refractivity contribution in [2.24, 2.45) is 0 Å². The first-order valence-corrected chi connectivity index (χ1v) is 8.14. The summed E-state index contributed by atoms with van der Waals surface area (Å²) >= 11 is 3.49. The molecule has 1 aromatic carbocycles. The highest BCUT2D eigenvalue weighted by molar-refractivity contribution is 9.10. The molecule has 2 rings (SSSR count). The molecule has 21 heavy (non-hydrogen) atoms. The van der Waals surface area contributed by atoms with Crippen LogP contribution >= 0.6 is 15.9 Å². The third-order valence-corrected chi connectivity index (χ3v) is 4.34. The lowest BCUT2D eigenvalue weighted by atomic mass is 10.1. The molecule has 2 N–H and O–H groups in total. The maximum Gasteiger partial charge on any atom is 0.231 e. The van der Waals surface area contributed by atoms with Gasteiger partial charge in [0.15, 0.2) is 11.5 Å². The Morgan fingerprint density at radius 3 is 2.76 bits per heavy atom. The lowest BCUT2D eigenvalue weighted by Crippen LogP contribution is -2.34. The normalized spacial score (nSPS) is 14.7. The van der Waals surface area contributed by atoms with E-state index in [2.05, 4.69) is 40.0 Å². The lowest BCUT2D eigenvalue weighted by Gasteiger charge is -2.22. The number of halogens is 1. The van der Waals surface area contributed by atoms with E-state index in [0.717, 1.165) is 47.7 Å². The van der Waals surface area contributed by atoms with Crippen molar-refractivity contribution in [1.29, 1.82) is 0 Å². The summed E-state index contributed by atoms with van der Waals surface area (Å²) in [6.45, 7) is 8.48. The van der Waals surface area contributed by atoms with Crippen molar-refractivity contribution in [3.05, 3.63) is 22.2 Å². The quantitative estimate of drug-likeness (QED) is 0.745. The summed E-state index contributed by atoms with van der Waals surface area (Å²) in [5.41, 5.74) is 0.994. The summed E-state index contributed by atoms with van der Waals surface area (Å²) in [6.07, 6.45) is 0. The van der Waals surface area contributed by atoms with Gasteiger partial charge < -0.3 is 24.8 Å². The van der Waals surface area contributed by atoms with Crippen LogP contribution in [-0.4, -0.2) is 49.6 Å². The molecule has 1 atom stereocenters. The number of fused-ring (bicyclic) bond motifs is 1. The van der Waals surface area contributed by atoms with E-state index in [9.17, 15) is 5.11 Å². The van der Waals surface area contributed by atoms with E-state index in [1.54, 1.807) is 0 Å².